The average Bonchev–Trinajstić information content (AvgIpc) is 2.44. The first-order valence-electron chi connectivity index (χ1n) is 5.82. The van der Waals surface area contributed by atoms with E-state index in [2.05, 4.69) is 10.3 Å². The number of rotatable bonds is 4. The van der Waals surface area contributed by atoms with Crippen LogP contribution in [-0.2, 0) is 4.79 Å². The zero-order valence-corrected chi connectivity index (χ0v) is 13.0. The van der Waals surface area contributed by atoms with Crippen LogP contribution in [0, 0.1) is 11.3 Å². The van der Waals surface area contributed by atoms with E-state index in [1.54, 1.807) is 36.5 Å². The number of anilines is 1. The van der Waals surface area contributed by atoms with Crippen molar-refractivity contribution in [2.24, 2.45) is 0 Å². The largest absolute Gasteiger partial charge is 0.325 e. The molecular formula is C14H9Cl2N3OS. The lowest BCUT2D eigenvalue weighted by Gasteiger charge is -2.06. The second kappa shape index (κ2) is 7.32. The Bertz CT molecular complexity index is 695. The van der Waals surface area contributed by atoms with Crippen molar-refractivity contribution in [2.75, 3.05) is 11.1 Å². The normalized spacial score (nSPS) is 9.95. The van der Waals surface area contributed by atoms with Gasteiger partial charge in [0, 0.05) is 21.9 Å². The first-order valence-corrected chi connectivity index (χ1v) is 7.56. The molecule has 0 unspecified atom stereocenters. The minimum absolute atomic E-state index is 0.135. The maximum absolute atomic E-state index is 11.9. The number of aromatic nitrogens is 1. The van der Waals surface area contributed by atoms with Crippen LogP contribution in [0.1, 0.15) is 5.56 Å². The van der Waals surface area contributed by atoms with Gasteiger partial charge in [0.2, 0.25) is 5.91 Å². The van der Waals surface area contributed by atoms with Gasteiger partial charge in [0.1, 0.15) is 11.1 Å². The van der Waals surface area contributed by atoms with Crippen LogP contribution in [0.3, 0.4) is 0 Å². The van der Waals surface area contributed by atoms with E-state index in [4.69, 9.17) is 28.5 Å². The fourth-order valence-corrected chi connectivity index (χ4v) is 2.82. The molecule has 1 heterocycles. The van der Waals surface area contributed by atoms with Gasteiger partial charge in [-0.25, -0.2) is 4.98 Å². The first kappa shape index (κ1) is 15.6. The van der Waals surface area contributed by atoms with E-state index in [1.807, 2.05) is 6.07 Å². The van der Waals surface area contributed by atoms with Gasteiger partial charge in [-0.1, -0.05) is 35.0 Å². The Morgan fingerprint density at radius 1 is 1.33 bits per heavy atom. The Labute approximate surface area is 136 Å². The molecule has 2 rings (SSSR count). The summed E-state index contributed by atoms with van der Waals surface area (Å²) in [4.78, 5) is 16.0. The molecule has 21 heavy (non-hydrogen) atoms. The Balaban J connectivity index is 1.98. The van der Waals surface area contributed by atoms with Crippen LogP contribution in [-0.4, -0.2) is 16.6 Å². The Kier molecular flexibility index (Phi) is 5.45. The number of nitrogens with one attached hydrogen (secondary N) is 1. The zero-order chi connectivity index (χ0) is 15.2. The van der Waals surface area contributed by atoms with Crippen molar-refractivity contribution in [2.45, 2.75) is 5.03 Å². The number of hydrogen-bond acceptors (Lipinski definition) is 4. The van der Waals surface area contributed by atoms with E-state index in [9.17, 15) is 4.79 Å². The first-order chi connectivity index (χ1) is 10.1. The molecule has 106 valence electrons. The van der Waals surface area contributed by atoms with Crippen molar-refractivity contribution in [3.63, 3.8) is 0 Å². The summed E-state index contributed by atoms with van der Waals surface area (Å²) >= 11 is 12.9. The van der Waals surface area contributed by atoms with Crippen LogP contribution in [0.25, 0.3) is 0 Å². The summed E-state index contributed by atoms with van der Waals surface area (Å²) in [5.41, 5.74) is 0.973. The van der Waals surface area contributed by atoms with Crippen LogP contribution in [0.15, 0.2) is 41.6 Å². The van der Waals surface area contributed by atoms with Crippen molar-refractivity contribution in [1.82, 2.24) is 4.98 Å². The molecule has 1 N–H and O–H groups in total. The minimum atomic E-state index is -0.229. The monoisotopic (exact) mass is 337 g/mol. The number of thioether (sulfide) groups is 1. The SMILES string of the molecule is N#Cc1cccnc1SCC(=O)Nc1cc(Cl)cc(Cl)c1. The van der Waals surface area contributed by atoms with E-state index in [-0.39, 0.29) is 11.7 Å². The second-order valence-electron chi connectivity index (χ2n) is 3.96. The maximum Gasteiger partial charge on any atom is 0.234 e. The zero-order valence-electron chi connectivity index (χ0n) is 10.6. The molecule has 0 bridgehead atoms. The third-order valence-corrected chi connectivity index (χ3v) is 3.82. The van der Waals surface area contributed by atoms with Crippen LogP contribution < -0.4 is 5.32 Å². The fourth-order valence-electron chi connectivity index (χ4n) is 1.55. The van der Waals surface area contributed by atoms with Gasteiger partial charge in [-0.3, -0.25) is 4.79 Å². The molecule has 1 amide bonds. The van der Waals surface area contributed by atoms with Crippen LogP contribution >= 0.6 is 35.0 Å². The summed E-state index contributed by atoms with van der Waals surface area (Å²) in [6.45, 7) is 0. The molecule has 0 aliphatic carbocycles. The third kappa shape index (κ3) is 4.64. The number of hydrogen-bond donors (Lipinski definition) is 1. The highest BCUT2D eigenvalue weighted by atomic mass is 35.5. The van der Waals surface area contributed by atoms with Crippen LogP contribution in [0.2, 0.25) is 10.0 Å². The van der Waals surface area contributed by atoms with Gasteiger partial charge in [0.15, 0.2) is 0 Å². The summed E-state index contributed by atoms with van der Waals surface area (Å²) in [5, 5.41) is 13.1. The lowest BCUT2D eigenvalue weighted by Crippen LogP contribution is -2.14. The molecule has 7 heteroatoms. The van der Waals surface area contributed by atoms with E-state index in [0.29, 0.717) is 26.3 Å². The second-order valence-corrected chi connectivity index (χ2v) is 5.80. The van der Waals surface area contributed by atoms with E-state index in [1.165, 1.54) is 11.8 Å². The highest BCUT2D eigenvalue weighted by Gasteiger charge is 2.08. The molecule has 1 aromatic heterocycles. The van der Waals surface area contributed by atoms with E-state index in [0.717, 1.165) is 0 Å². The van der Waals surface area contributed by atoms with Gasteiger partial charge in [-0.05, 0) is 30.3 Å². The van der Waals surface area contributed by atoms with Crippen molar-refractivity contribution in [1.29, 1.82) is 5.26 Å². The molecule has 2 aromatic rings. The number of amides is 1. The lowest BCUT2D eigenvalue weighted by atomic mass is 10.3. The molecule has 0 saturated carbocycles. The Morgan fingerprint density at radius 2 is 2.05 bits per heavy atom. The number of nitriles is 1. The molecule has 0 aliphatic rings. The molecule has 0 atom stereocenters. The van der Waals surface area contributed by atoms with Gasteiger partial charge in [0.05, 0.1) is 11.3 Å². The average molecular weight is 338 g/mol. The molecule has 1 aromatic carbocycles. The molecule has 0 spiro atoms. The van der Waals surface area contributed by atoms with Crippen molar-refractivity contribution in [3.8, 4) is 6.07 Å². The van der Waals surface area contributed by atoms with Gasteiger partial charge in [-0.15, -0.1) is 0 Å². The van der Waals surface area contributed by atoms with Gasteiger partial charge >= 0.3 is 0 Å². The summed E-state index contributed by atoms with van der Waals surface area (Å²) < 4.78 is 0. The Morgan fingerprint density at radius 3 is 2.71 bits per heavy atom. The quantitative estimate of drug-likeness (QED) is 0.856. The molecule has 0 saturated heterocycles. The van der Waals surface area contributed by atoms with Crippen molar-refractivity contribution < 1.29 is 4.79 Å². The summed E-state index contributed by atoms with van der Waals surface area (Å²) in [5.74, 6) is -0.0941. The molecular weight excluding hydrogens is 329 g/mol. The standard InChI is InChI=1S/C14H9Cl2N3OS/c15-10-4-11(16)6-12(5-10)19-13(20)8-21-14-9(7-17)2-1-3-18-14/h1-6H,8H2,(H,19,20). The number of benzene rings is 1. The molecule has 0 fully saturated rings. The van der Waals surface area contributed by atoms with Crippen LogP contribution in [0.4, 0.5) is 5.69 Å². The summed E-state index contributed by atoms with van der Waals surface area (Å²) in [6, 6.07) is 10.2. The predicted molar refractivity (Wildman–Crippen MR) is 84.8 cm³/mol. The number of carbonyl (C=O) groups excluding carboxylic acids is 1. The number of carbonyl (C=O) groups is 1. The van der Waals surface area contributed by atoms with Gasteiger partial charge in [0.25, 0.3) is 0 Å². The predicted octanol–water partition coefficient (Wildman–Crippen LogP) is 3.99. The summed E-state index contributed by atoms with van der Waals surface area (Å²) in [7, 11) is 0. The highest BCUT2D eigenvalue weighted by molar-refractivity contribution is 8.00. The minimum Gasteiger partial charge on any atom is -0.325 e. The highest BCUT2D eigenvalue weighted by Crippen LogP contribution is 2.23. The fraction of sp³-hybridized carbons (Fsp3) is 0.0714. The summed E-state index contributed by atoms with van der Waals surface area (Å²) in [6.07, 6.45) is 1.58. The Hall–Kier alpha value is -1.74. The lowest BCUT2D eigenvalue weighted by molar-refractivity contribution is -0.113. The van der Waals surface area contributed by atoms with Gasteiger partial charge < -0.3 is 5.32 Å². The smallest absolute Gasteiger partial charge is 0.234 e. The maximum atomic E-state index is 11.9. The van der Waals surface area contributed by atoms with Crippen LogP contribution in [0.5, 0.6) is 0 Å². The van der Waals surface area contributed by atoms with Crippen molar-refractivity contribution in [3.05, 3.63) is 52.1 Å². The van der Waals surface area contributed by atoms with E-state index >= 15 is 0 Å². The topological polar surface area (TPSA) is 65.8 Å². The van der Waals surface area contributed by atoms with Crippen molar-refractivity contribution >= 4 is 46.6 Å². The molecule has 0 aliphatic heterocycles. The van der Waals surface area contributed by atoms with Gasteiger partial charge in [-0.2, -0.15) is 5.26 Å². The van der Waals surface area contributed by atoms with E-state index < -0.39 is 0 Å². The third-order valence-electron chi connectivity index (χ3n) is 2.38. The number of halogens is 2. The number of nitrogens with zero attached hydrogens (tertiary/aromatic N) is 2. The molecule has 4 nitrogen and oxygen atoms in total. The molecule has 0 radical (unpaired) electrons. The number of pyridine rings is 1.